The average Bonchev–Trinajstić information content (AvgIpc) is 2.72. The summed E-state index contributed by atoms with van der Waals surface area (Å²) < 4.78 is 27.7. The molecular formula is C11H15N3O2S. The molecule has 0 aliphatic rings. The van der Waals surface area contributed by atoms with E-state index < -0.39 is 10.0 Å². The maximum absolute atomic E-state index is 12.4. The third-order valence-corrected chi connectivity index (χ3v) is 4.70. The van der Waals surface area contributed by atoms with Gasteiger partial charge >= 0.3 is 0 Å². The molecule has 0 amide bonds. The van der Waals surface area contributed by atoms with E-state index in [1.165, 1.54) is 10.2 Å². The Hall–Kier alpha value is -1.56. The molecule has 2 rings (SSSR count). The van der Waals surface area contributed by atoms with Gasteiger partial charge in [-0.3, -0.25) is 4.68 Å². The second-order valence-corrected chi connectivity index (χ2v) is 5.96. The standard InChI is InChI=1S/C11H15N3O2S/c1-8-5-9(2)14(7-8)17(15,16)11-6-12-13(4)10(11)3/h5-7H,1-4H3. The third kappa shape index (κ3) is 1.78. The lowest BCUT2D eigenvalue weighted by Gasteiger charge is -2.07. The Morgan fingerprint density at radius 3 is 2.29 bits per heavy atom. The van der Waals surface area contributed by atoms with Gasteiger partial charge in [0.15, 0.2) is 0 Å². The van der Waals surface area contributed by atoms with Crippen molar-refractivity contribution in [1.82, 2.24) is 13.8 Å². The summed E-state index contributed by atoms with van der Waals surface area (Å²) in [5.74, 6) is 0. The predicted molar refractivity (Wildman–Crippen MR) is 64.4 cm³/mol. The highest BCUT2D eigenvalue weighted by atomic mass is 32.2. The summed E-state index contributed by atoms with van der Waals surface area (Å²) in [6.45, 7) is 5.39. The van der Waals surface area contributed by atoms with Gasteiger partial charge in [0.2, 0.25) is 0 Å². The summed E-state index contributed by atoms with van der Waals surface area (Å²) in [7, 11) is -1.80. The van der Waals surface area contributed by atoms with Gasteiger partial charge in [-0.1, -0.05) is 0 Å². The summed E-state index contributed by atoms with van der Waals surface area (Å²) in [6.07, 6.45) is 3.01. The second kappa shape index (κ2) is 3.73. The van der Waals surface area contributed by atoms with Crippen LogP contribution in [0.5, 0.6) is 0 Å². The lowest BCUT2D eigenvalue weighted by Crippen LogP contribution is -2.14. The Morgan fingerprint density at radius 2 is 1.88 bits per heavy atom. The molecule has 0 fully saturated rings. The van der Waals surface area contributed by atoms with Gasteiger partial charge in [0.25, 0.3) is 10.0 Å². The average molecular weight is 253 g/mol. The first kappa shape index (κ1) is 11.9. The quantitative estimate of drug-likeness (QED) is 0.812. The molecule has 6 heteroatoms. The largest absolute Gasteiger partial charge is 0.272 e. The van der Waals surface area contributed by atoms with Crippen LogP contribution in [0.1, 0.15) is 17.0 Å². The second-order valence-electron chi connectivity index (χ2n) is 4.18. The molecule has 0 spiro atoms. The zero-order valence-electron chi connectivity index (χ0n) is 10.3. The van der Waals surface area contributed by atoms with E-state index in [-0.39, 0.29) is 4.90 Å². The van der Waals surface area contributed by atoms with Crippen molar-refractivity contribution in [2.75, 3.05) is 0 Å². The van der Waals surface area contributed by atoms with E-state index in [1.54, 1.807) is 31.8 Å². The van der Waals surface area contributed by atoms with Gasteiger partial charge in [-0.2, -0.15) is 5.10 Å². The van der Waals surface area contributed by atoms with Crippen molar-refractivity contribution in [1.29, 1.82) is 0 Å². The Balaban J connectivity index is 2.66. The summed E-state index contributed by atoms with van der Waals surface area (Å²) in [5.41, 5.74) is 2.26. The Bertz CT molecular complexity index is 657. The zero-order valence-corrected chi connectivity index (χ0v) is 11.1. The molecule has 0 aliphatic heterocycles. The fraction of sp³-hybridized carbons (Fsp3) is 0.364. The molecule has 0 radical (unpaired) electrons. The summed E-state index contributed by atoms with van der Waals surface area (Å²) in [4.78, 5) is 0.249. The molecular weight excluding hydrogens is 238 g/mol. The molecule has 0 saturated heterocycles. The fourth-order valence-corrected chi connectivity index (χ4v) is 3.45. The molecule has 0 bridgehead atoms. The van der Waals surface area contributed by atoms with Crippen LogP contribution < -0.4 is 0 Å². The molecule has 2 aromatic rings. The highest BCUT2D eigenvalue weighted by Crippen LogP contribution is 2.20. The summed E-state index contributed by atoms with van der Waals surface area (Å²) >= 11 is 0. The Kier molecular flexibility index (Phi) is 2.61. The van der Waals surface area contributed by atoms with Crippen LogP contribution >= 0.6 is 0 Å². The molecule has 2 aromatic heterocycles. The van der Waals surface area contributed by atoms with E-state index in [9.17, 15) is 8.42 Å². The first-order valence-corrected chi connectivity index (χ1v) is 6.68. The van der Waals surface area contributed by atoms with Crippen LogP contribution in [0.2, 0.25) is 0 Å². The van der Waals surface area contributed by atoms with Crippen molar-refractivity contribution in [3.8, 4) is 0 Å². The van der Waals surface area contributed by atoms with Gasteiger partial charge in [-0.15, -0.1) is 0 Å². The van der Waals surface area contributed by atoms with Crippen LogP contribution in [0.15, 0.2) is 23.4 Å². The minimum Gasteiger partial charge on any atom is -0.272 e. The van der Waals surface area contributed by atoms with Crippen molar-refractivity contribution in [2.24, 2.45) is 7.05 Å². The monoisotopic (exact) mass is 253 g/mol. The van der Waals surface area contributed by atoms with Crippen LogP contribution in [-0.2, 0) is 17.1 Å². The van der Waals surface area contributed by atoms with Gasteiger partial charge in [0, 0.05) is 18.9 Å². The van der Waals surface area contributed by atoms with Crippen LogP contribution in [0, 0.1) is 20.8 Å². The van der Waals surface area contributed by atoms with Gasteiger partial charge in [-0.25, -0.2) is 12.4 Å². The SMILES string of the molecule is Cc1cc(C)n(S(=O)(=O)c2cnn(C)c2C)c1. The van der Waals surface area contributed by atoms with Gasteiger partial charge in [0.05, 0.1) is 11.9 Å². The third-order valence-electron chi connectivity index (χ3n) is 2.83. The Labute approximate surface area is 101 Å². The first-order chi connectivity index (χ1) is 7.84. The highest BCUT2D eigenvalue weighted by molar-refractivity contribution is 7.90. The van der Waals surface area contributed by atoms with E-state index in [0.717, 1.165) is 5.56 Å². The number of aromatic nitrogens is 3. The molecule has 0 saturated carbocycles. The van der Waals surface area contributed by atoms with Crippen LogP contribution in [0.4, 0.5) is 0 Å². The minimum atomic E-state index is -3.53. The molecule has 0 unspecified atom stereocenters. The molecule has 0 N–H and O–H groups in total. The molecule has 0 aliphatic carbocycles. The van der Waals surface area contributed by atoms with Crippen LogP contribution in [0.25, 0.3) is 0 Å². The maximum atomic E-state index is 12.4. The number of hydrogen-bond acceptors (Lipinski definition) is 3. The number of aryl methyl sites for hydroxylation is 3. The smallest absolute Gasteiger partial charge is 0.271 e. The highest BCUT2D eigenvalue weighted by Gasteiger charge is 2.23. The number of nitrogens with zero attached hydrogens (tertiary/aromatic N) is 3. The van der Waals surface area contributed by atoms with Crippen molar-refractivity contribution >= 4 is 10.0 Å². The van der Waals surface area contributed by atoms with E-state index in [2.05, 4.69) is 5.10 Å². The zero-order chi connectivity index (χ0) is 12.8. The lowest BCUT2D eigenvalue weighted by molar-refractivity contribution is 0.585. The predicted octanol–water partition coefficient (Wildman–Crippen LogP) is 1.38. The summed E-state index contributed by atoms with van der Waals surface area (Å²) in [6, 6.07) is 1.84. The minimum absolute atomic E-state index is 0.249. The normalized spacial score (nSPS) is 12.0. The molecule has 5 nitrogen and oxygen atoms in total. The topological polar surface area (TPSA) is 56.9 Å². The number of hydrogen-bond donors (Lipinski definition) is 0. The molecule has 17 heavy (non-hydrogen) atoms. The maximum Gasteiger partial charge on any atom is 0.271 e. The Morgan fingerprint density at radius 1 is 1.24 bits per heavy atom. The van der Waals surface area contributed by atoms with Gasteiger partial charge in [-0.05, 0) is 32.4 Å². The van der Waals surface area contributed by atoms with E-state index in [0.29, 0.717) is 11.4 Å². The van der Waals surface area contributed by atoms with Crippen LogP contribution in [0.3, 0.4) is 0 Å². The summed E-state index contributed by atoms with van der Waals surface area (Å²) in [5, 5.41) is 3.97. The molecule has 92 valence electrons. The molecule has 0 atom stereocenters. The van der Waals surface area contributed by atoms with E-state index in [4.69, 9.17) is 0 Å². The lowest BCUT2D eigenvalue weighted by atomic mass is 10.4. The van der Waals surface area contributed by atoms with Crippen molar-refractivity contribution in [3.05, 3.63) is 35.4 Å². The van der Waals surface area contributed by atoms with Crippen molar-refractivity contribution in [2.45, 2.75) is 25.7 Å². The van der Waals surface area contributed by atoms with E-state index >= 15 is 0 Å². The van der Waals surface area contributed by atoms with Crippen molar-refractivity contribution < 1.29 is 8.42 Å². The van der Waals surface area contributed by atoms with Crippen molar-refractivity contribution in [3.63, 3.8) is 0 Å². The molecule has 0 aromatic carbocycles. The molecule has 2 heterocycles. The first-order valence-electron chi connectivity index (χ1n) is 5.24. The van der Waals surface area contributed by atoms with Gasteiger partial charge in [0.1, 0.15) is 4.90 Å². The van der Waals surface area contributed by atoms with Gasteiger partial charge < -0.3 is 0 Å². The van der Waals surface area contributed by atoms with Crippen LogP contribution in [-0.4, -0.2) is 22.2 Å². The number of rotatable bonds is 2. The fourth-order valence-electron chi connectivity index (χ4n) is 1.81. The van der Waals surface area contributed by atoms with E-state index in [1.807, 2.05) is 13.0 Å².